The molecule has 0 aromatic heterocycles. The van der Waals surface area contributed by atoms with Gasteiger partial charge in [-0.1, -0.05) is 5.92 Å². The van der Waals surface area contributed by atoms with Gasteiger partial charge in [-0.25, -0.2) is 4.79 Å². The topological polar surface area (TPSA) is 78.8 Å². The van der Waals surface area contributed by atoms with Crippen molar-refractivity contribution in [3.05, 3.63) is 29.8 Å². The molecule has 0 bridgehead atoms. The molecular formula is C13H15NO4. The molecule has 0 heterocycles. The van der Waals surface area contributed by atoms with Gasteiger partial charge in [0.1, 0.15) is 0 Å². The van der Waals surface area contributed by atoms with E-state index >= 15 is 0 Å². The number of carbonyl (C=O) groups is 1. The molecule has 5 nitrogen and oxygen atoms in total. The predicted octanol–water partition coefficient (Wildman–Crippen LogP) is 0.242. The largest absolute Gasteiger partial charge is 0.449 e. The highest BCUT2D eigenvalue weighted by molar-refractivity contribution is 5.89. The molecule has 0 fully saturated rings. The predicted molar refractivity (Wildman–Crippen MR) is 67.1 cm³/mol. The molecule has 1 aromatic carbocycles. The van der Waals surface area contributed by atoms with Gasteiger partial charge in [0.25, 0.3) is 0 Å². The van der Waals surface area contributed by atoms with Crippen LogP contribution in [0.5, 0.6) is 0 Å². The van der Waals surface area contributed by atoms with Crippen molar-refractivity contribution >= 4 is 11.7 Å². The lowest BCUT2D eigenvalue weighted by atomic mass is 10.2. The Balaban J connectivity index is 2.52. The summed E-state index contributed by atoms with van der Waals surface area (Å²) < 4.78 is 4.76. The number of terminal acetylenes is 1. The lowest BCUT2D eigenvalue weighted by Crippen LogP contribution is -2.22. The van der Waals surface area contributed by atoms with Crippen molar-refractivity contribution in [1.82, 2.24) is 0 Å². The number of aliphatic hydroxyl groups is 2. The van der Waals surface area contributed by atoms with E-state index in [1.54, 1.807) is 24.3 Å². The van der Waals surface area contributed by atoms with Gasteiger partial charge in [0.15, 0.2) is 6.61 Å². The maximum Gasteiger partial charge on any atom is 0.339 e. The molecule has 0 aliphatic rings. The highest BCUT2D eigenvalue weighted by atomic mass is 16.5. The summed E-state index contributed by atoms with van der Waals surface area (Å²) in [6.07, 6.45) is 4.16. The Kier molecular flexibility index (Phi) is 5.71. The van der Waals surface area contributed by atoms with Crippen molar-refractivity contribution in [3.8, 4) is 12.3 Å². The van der Waals surface area contributed by atoms with Crippen LogP contribution in [0.15, 0.2) is 24.3 Å². The maximum atomic E-state index is 11.4. The summed E-state index contributed by atoms with van der Waals surface area (Å²) in [5.74, 6) is 1.74. The zero-order valence-electron chi connectivity index (χ0n) is 9.80. The molecule has 0 radical (unpaired) electrons. The van der Waals surface area contributed by atoms with Crippen LogP contribution in [-0.4, -0.2) is 42.0 Å². The number of nitrogens with one attached hydrogen (secondary N) is 1. The second-order valence-electron chi connectivity index (χ2n) is 3.57. The average molecular weight is 249 g/mol. The maximum absolute atomic E-state index is 11.4. The minimum atomic E-state index is -0.815. The van der Waals surface area contributed by atoms with E-state index in [1.807, 2.05) is 0 Å². The van der Waals surface area contributed by atoms with Crippen LogP contribution in [0.2, 0.25) is 0 Å². The third kappa shape index (κ3) is 4.45. The van der Waals surface area contributed by atoms with Crippen LogP contribution in [0.4, 0.5) is 5.69 Å². The summed E-state index contributed by atoms with van der Waals surface area (Å²) in [5.41, 5.74) is 1.13. The van der Waals surface area contributed by atoms with Crippen LogP contribution in [0.25, 0.3) is 0 Å². The van der Waals surface area contributed by atoms with Gasteiger partial charge in [0.05, 0.1) is 18.3 Å². The van der Waals surface area contributed by atoms with Crippen molar-refractivity contribution in [2.45, 2.75) is 6.10 Å². The third-order valence-electron chi connectivity index (χ3n) is 2.16. The van der Waals surface area contributed by atoms with E-state index in [4.69, 9.17) is 21.4 Å². The summed E-state index contributed by atoms with van der Waals surface area (Å²) in [6.45, 7) is -0.123. The highest BCUT2D eigenvalue weighted by Gasteiger charge is 2.06. The Hall–Kier alpha value is -2.03. The molecule has 96 valence electrons. The van der Waals surface area contributed by atoms with E-state index in [0.29, 0.717) is 5.56 Å². The van der Waals surface area contributed by atoms with E-state index in [1.165, 1.54) is 0 Å². The average Bonchev–Trinajstić information content (AvgIpc) is 2.42. The fourth-order valence-corrected chi connectivity index (χ4v) is 1.21. The van der Waals surface area contributed by atoms with Crippen LogP contribution in [0.3, 0.4) is 0 Å². The Morgan fingerprint density at radius 1 is 1.44 bits per heavy atom. The molecule has 0 saturated heterocycles. The molecule has 1 atom stereocenters. The van der Waals surface area contributed by atoms with Gasteiger partial charge in [0, 0.05) is 12.2 Å². The highest BCUT2D eigenvalue weighted by Crippen LogP contribution is 2.10. The molecule has 3 N–H and O–H groups in total. The molecule has 0 aliphatic carbocycles. The zero-order valence-corrected chi connectivity index (χ0v) is 9.80. The summed E-state index contributed by atoms with van der Waals surface area (Å²) >= 11 is 0. The Bertz CT molecular complexity index is 422. The van der Waals surface area contributed by atoms with Crippen LogP contribution in [0, 0.1) is 12.3 Å². The number of hydrogen-bond donors (Lipinski definition) is 3. The lowest BCUT2D eigenvalue weighted by Gasteiger charge is -2.10. The Morgan fingerprint density at radius 3 is 2.67 bits per heavy atom. The number of benzene rings is 1. The van der Waals surface area contributed by atoms with Gasteiger partial charge in [-0.15, -0.1) is 6.42 Å². The van der Waals surface area contributed by atoms with Crippen LogP contribution in [-0.2, 0) is 4.74 Å². The molecule has 0 amide bonds. The van der Waals surface area contributed by atoms with Gasteiger partial charge in [-0.2, -0.15) is 0 Å². The fraction of sp³-hybridized carbons (Fsp3) is 0.308. The number of rotatable bonds is 6. The molecular weight excluding hydrogens is 234 g/mol. The minimum absolute atomic E-state index is 0.0540. The van der Waals surface area contributed by atoms with E-state index in [0.717, 1.165) is 5.69 Å². The smallest absolute Gasteiger partial charge is 0.339 e. The molecule has 0 spiro atoms. The van der Waals surface area contributed by atoms with Gasteiger partial charge >= 0.3 is 5.97 Å². The molecule has 5 heteroatoms. The fourth-order valence-electron chi connectivity index (χ4n) is 1.21. The molecule has 1 aromatic rings. The quantitative estimate of drug-likeness (QED) is 0.497. The van der Waals surface area contributed by atoms with Crippen molar-refractivity contribution in [3.63, 3.8) is 0 Å². The number of aliphatic hydroxyl groups excluding tert-OH is 2. The SMILES string of the molecule is C#CCOC(=O)c1ccc(NCC(O)CO)cc1. The zero-order chi connectivity index (χ0) is 13.4. The first-order chi connectivity index (χ1) is 8.67. The summed E-state index contributed by atoms with van der Waals surface area (Å²) in [6, 6.07) is 6.53. The van der Waals surface area contributed by atoms with Crippen LogP contribution >= 0.6 is 0 Å². The van der Waals surface area contributed by atoms with Gasteiger partial charge in [-0.3, -0.25) is 0 Å². The van der Waals surface area contributed by atoms with Crippen molar-refractivity contribution < 1.29 is 19.7 Å². The van der Waals surface area contributed by atoms with E-state index in [9.17, 15) is 4.79 Å². The van der Waals surface area contributed by atoms with Crippen LogP contribution in [0.1, 0.15) is 10.4 Å². The van der Waals surface area contributed by atoms with Gasteiger partial charge in [0.2, 0.25) is 0 Å². The van der Waals surface area contributed by atoms with Crippen molar-refractivity contribution in [2.75, 3.05) is 25.1 Å². The number of esters is 1. The molecule has 18 heavy (non-hydrogen) atoms. The van der Waals surface area contributed by atoms with Crippen LogP contribution < -0.4 is 5.32 Å². The second kappa shape index (κ2) is 7.33. The first kappa shape index (κ1) is 14.0. The van der Waals surface area contributed by atoms with Crippen molar-refractivity contribution in [2.24, 2.45) is 0 Å². The lowest BCUT2D eigenvalue weighted by molar-refractivity contribution is 0.0557. The molecule has 1 rings (SSSR count). The number of hydrogen-bond acceptors (Lipinski definition) is 5. The molecule has 0 saturated carbocycles. The van der Waals surface area contributed by atoms with Gasteiger partial charge in [-0.05, 0) is 24.3 Å². The summed E-state index contributed by atoms with van der Waals surface area (Å²) in [7, 11) is 0. The molecule has 1 unspecified atom stereocenters. The number of ether oxygens (including phenoxy) is 1. The second-order valence-corrected chi connectivity index (χ2v) is 3.57. The monoisotopic (exact) mass is 249 g/mol. The van der Waals surface area contributed by atoms with Crippen molar-refractivity contribution in [1.29, 1.82) is 0 Å². The normalized spacial score (nSPS) is 11.4. The minimum Gasteiger partial charge on any atom is -0.449 e. The third-order valence-corrected chi connectivity index (χ3v) is 2.16. The molecule has 0 aliphatic heterocycles. The Labute approximate surface area is 105 Å². The van der Waals surface area contributed by atoms with Gasteiger partial charge < -0.3 is 20.3 Å². The summed E-state index contributed by atoms with van der Waals surface area (Å²) in [4.78, 5) is 11.4. The van der Waals surface area contributed by atoms with E-state index in [2.05, 4.69) is 11.2 Å². The van der Waals surface area contributed by atoms with E-state index in [-0.39, 0.29) is 19.8 Å². The first-order valence-electron chi connectivity index (χ1n) is 5.40. The first-order valence-corrected chi connectivity index (χ1v) is 5.40. The number of carbonyl (C=O) groups excluding carboxylic acids is 1. The van der Waals surface area contributed by atoms with E-state index < -0.39 is 12.1 Å². The standard InChI is InChI=1S/C13H15NO4/c1-2-7-18-13(17)10-3-5-11(6-4-10)14-8-12(16)9-15/h1,3-6,12,14-16H,7-9H2. The number of anilines is 1. The Morgan fingerprint density at radius 2 is 2.11 bits per heavy atom. The summed E-state index contributed by atoms with van der Waals surface area (Å²) in [5, 5.41) is 20.7.